The molecule has 148 valence electrons. The van der Waals surface area contributed by atoms with Crippen molar-refractivity contribution in [1.82, 2.24) is 0 Å². The second-order valence-corrected chi connectivity index (χ2v) is 6.89. The number of carbonyl (C=O) groups is 2. The summed E-state index contributed by atoms with van der Waals surface area (Å²) in [6.45, 7) is 2.48. The zero-order valence-corrected chi connectivity index (χ0v) is 16.6. The summed E-state index contributed by atoms with van der Waals surface area (Å²) < 4.78 is 10.9. The smallest absolute Gasteiger partial charge is 0.285 e. The van der Waals surface area contributed by atoms with Crippen molar-refractivity contribution in [3.8, 4) is 11.5 Å². The van der Waals surface area contributed by atoms with E-state index >= 15 is 0 Å². The van der Waals surface area contributed by atoms with E-state index in [0.717, 1.165) is 16.2 Å². The van der Waals surface area contributed by atoms with E-state index in [1.165, 1.54) is 0 Å². The van der Waals surface area contributed by atoms with Crippen LogP contribution in [-0.4, -0.2) is 45.7 Å². The average Bonchev–Trinajstić information content (AvgIpc) is 2.71. The van der Waals surface area contributed by atoms with Crippen LogP contribution in [0.5, 0.6) is 11.5 Å². The Morgan fingerprint density at radius 1 is 1.18 bits per heavy atom. The van der Waals surface area contributed by atoms with Gasteiger partial charge >= 0.3 is 0 Å². The summed E-state index contributed by atoms with van der Waals surface area (Å²) in [4.78, 5) is 27.8. The van der Waals surface area contributed by atoms with Crippen molar-refractivity contribution in [2.24, 2.45) is 0 Å². The zero-order valence-electron chi connectivity index (χ0n) is 16.6. The Labute approximate surface area is 164 Å². The van der Waals surface area contributed by atoms with Gasteiger partial charge < -0.3 is 19.7 Å². The molecule has 0 fully saturated rings. The number of fused-ring (bicyclic) bond motifs is 1. The minimum Gasteiger partial charge on any atom is -0.493 e. The molecule has 2 atom stereocenters. The van der Waals surface area contributed by atoms with Gasteiger partial charge in [-0.2, -0.15) is 0 Å². The minimum atomic E-state index is -0.352. The number of amides is 2. The number of benzene rings is 2. The normalized spacial score (nSPS) is 15.3. The highest BCUT2D eigenvalue weighted by atomic mass is 16.5. The number of quaternary nitrogens is 1. The van der Waals surface area contributed by atoms with E-state index in [0.29, 0.717) is 23.7 Å². The van der Waals surface area contributed by atoms with Gasteiger partial charge in [-0.25, -0.2) is 0 Å². The Morgan fingerprint density at radius 3 is 2.64 bits per heavy atom. The van der Waals surface area contributed by atoms with Crippen molar-refractivity contribution in [2.45, 2.75) is 19.5 Å². The lowest BCUT2D eigenvalue weighted by Gasteiger charge is -2.32. The van der Waals surface area contributed by atoms with E-state index < -0.39 is 0 Å². The summed E-state index contributed by atoms with van der Waals surface area (Å²) in [6.07, 6.45) is 0. The number of methoxy groups -OCH3 is 2. The molecule has 0 saturated heterocycles. The molecule has 0 saturated carbocycles. The van der Waals surface area contributed by atoms with Gasteiger partial charge in [0.2, 0.25) is 5.91 Å². The maximum atomic E-state index is 13.2. The fourth-order valence-electron chi connectivity index (χ4n) is 3.42. The maximum Gasteiger partial charge on any atom is 0.285 e. The van der Waals surface area contributed by atoms with E-state index in [1.54, 1.807) is 25.2 Å². The number of rotatable bonds is 6. The number of carbonyl (C=O) groups excluding carboxylic acids is 2. The van der Waals surface area contributed by atoms with E-state index in [4.69, 9.17) is 9.47 Å². The summed E-state index contributed by atoms with van der Waals surface area (Å²) in [5.41, 5.74) is 2.34. The molecule has 1 aliphatic heterocycles. The van der Waals surface area contributed by atoms with E-state index in [1.807, 2.05) is 50.4 Å². The lowest BCUT2D eigenvalue weighted by molar-refractivity contribution is -0.908. The first-order chi connectivity index (χ1) is 13.5. The molecule has 0 bridgehead atoms. The fraction of sp³-hybridized carbons (Fsp3) is 0.333. The predicted molar refractivity (Wildman–Crippen MR) is 107 cm³/mol. The van der Waals surface area contributed by atoms with Crippen LogP contribution in [0.2, 0.25) is 0 Å². The summed E-state index contributed by atoms with van der Waals surface area (Å²) in [6, 6.07) is 12.7. The van der Waals surface area contributed by atoms with Crippen molar-refractivity contribution < 1.29 is 24.0 Å². The Bertz CT molecular complexity index is 884. The van der Waals surface area contributed by atoms with Crippen LogP contribution in [0, 0.1) is 0 Å². The SMILES string of the molecule is COc1cccc(C[NH+](C)[C@H](C)C(=O)N2CC(=O)Nc3ccccc32)c1OC. The highest BCUT2D eigenvalue weighted by molar-refractivity contribution is 6.10. The molecule has 2 amide bonds. The molecule has 0 aliphatic carbocycles. The maximum absolute atomic E-state index is 13.2. The van der Waals surface area contributed by atoms with Gasteiger partial charge in [0.15, 0.2) is 17.5 Å². The second-order valence-electron chi connectivity index (χ2n) is 6.89. The highest BCUT2D eigenvalue weighted by Gasteiger charge is 2.33. The minimum absolute atomic E-state index is 0.0238. The van der Waals surface area contributed by atoms with Gasteiger partial charge in [0, 0.05) is 0 Å². The van der Waals surface area contributed by atoms with Crippen LogP contribution in [0.15, 0.2) is 42.5 Å². The monoisotopic (exact) mass is 384 g/mol. The molecular formula is C21H26N3O4+. The molecule has 28 heavy (non-hydrogen) atoms. The molecule has 2 aromatic rings. The van der Waals surface area contributed by atoms with E-state index in [9.17, 15) is 9.59 Å². The van der Waals surface area contributed by atoms with Crippen molar-refractivity contribution in [3.05, 3.63) is 48.0 Å². The van der Waals surface area contributed by atoms with Crippen LogP contribution in [0.1, 0.15) is 12.5 Å². The molecule has 0 spiro atoms. The Hall–Kier alpha value is -3.06. The Morgan fingerprint density at radius 2 is 1.93 bits per heavy atom. The van der Waals surface area contributed by atoms with Crippen LogP contribution < -0.4 is 24.6 Å². The molecule has 1 aliphatic rings. The lowest BCUT2D eigenvalue weighted by Crippen LogP contribution is -3.12. The van der Waals surface area contributed by atoms with Gasteiger partial charge in [-0.1, -0.05) is 18.2 Å². The number of likely N-dealkylation sites (N-methyl/N-ethyl adjacent to an activating group) is 1. The first-order valence-electron chi connectivity index (χ1n) is 9.18. The lowest BCUT2D eigenvalue weighted by atomic mass is 10.1. The summed E-state index contributed by atoms with van der Waals surface area (Å²) >= 11 is 0. The first kappa shape index (κ1) is 19.7. The number of hydrogen-bond donors (Lipinski definition) is 2. The largest absolute Gasteiger partial charge is 0.493 e. The zero-order chi connectivity index (χ0) is 20.3. The van der Waals surface area contributed by atoms with E-state index in [-0.39, 0.29) is 24.4 Å². The van der Waals surface area contributed by atoms with E-state index in [2.05, 4.69) is 5.32 Å². The van der Waals surface area contributed by atoms with Crippen molar-refractivity contribution in [2.75, 3.05) is 38.0 Å². The van der Waals surface area contributed by atoms with Crippen molar-refractivity contribution in [3.63, 3.8) is 0 Å². The molecule has 0 aromatic heterocycles. The Balaban J connectivity index is 1.80. The number of para-hydroxylation sites is 3. The summed E-state index contributed by atoms with van der Waals surface area (Å²) in [7, 11) is 5.16. The third-order valence-corrected chi connectivity index (χ3v) is 5.10. The van der Waals surface area contributed by atoms with Crippen LogP contribution in [0.3, 0.4) is 0 Å². The fourth-order valence-corrected chi connectivity index (χ4v) is 3.42. The summed E-state index contributed by atoms with van der Waals surface area (Å²) in [5.74, 6) is 1.05. The van der Waals surface area contributed by atoms with Crippen molar-refractivity contribution >= 4 is 23.2 Å². The van der Waals surface area contributed by atoms with Gasteiger partial charge in [0.25, 0.3) is 5.91 Å². The molecule has 3 rings (SSSR count). The topological polar surface area (TPSA) is 72.3 Å². The first-order valence-corrected chi connectivity index (χ1v) is 9.18. The van der Waals surface area contributed by atoms with Gasteiger partial charge in [-0.15, -0.1) is 0 Å². The Kier molecular flexibility index (Phi) is 5.84. The molecule has 1 unspecified atom stereocenters. The molecule has 2 N–H and O–H groups in total. The highest BCUT2D eigenvalue weighted by Crippen LogP contribution is 2.31. The molecule has 7 nitrogen and oxygen atoms in total. The standard InChI is InChI=1S/C21H25N3O4/c1-14(23(2)12-15-8-7-11-18(27-3)20(15)28-4)21(26)24-13-19(25)22-16-9-5-6-10-17(16)24/h5-11,14H,12-13H2,1-4H3,(H,22,25)/p+1/t14-/m1/s1. The van der Waals surface area contributed by atoms with Crippen LogP contribution in [0.4, 0.5) is 11.4 Å². The van der Waals surface area contributed by atoms with Gasteiger partial charge in [0.05, 0.1) is 38.2 Å². The molecule has 0 radical (unpaired) electrons. The molecule has 7 heteroatoms. The number of anilines is 2. The third kappa shape index (κ3) is 3.80. The number of nitrogens with zero attached hydrogens (tertiary/aromatic N) is 1. The van der Waals surface area contributed by atoms with Crippen LogP contribution in [0.25, 0.3) is 0 Å². The second kappa shape index (κ2) is 8.31. The van der Waals surface area contributed by atoms with Gasteiger partial charge in [0.1, 0.15) is 13.1 Å². The molecule has 2 aromatic carbocycles. The molecule has 1 heterocycles. The summed E-state index contributed by atoms with van der Waals surface area (Å²) in [5, 5.41) is 2.81. The number of nitrogens with one attached hydrogen (secondary N) is 2. The number of ether oxygens (including phenoxy) is 2. The van der Waals surface area contributed by atoms with Gasteiger partial charge in [-0.05, 0) is 31.2 Å². The van der Waals surface area contributed by atoms with Gasteiger partial charge in [-0.3, -0.25) is 14.5 Å². The molecular weight excluding hydrogens is 358 g/mol. The third-order valence-electron chi connectivity index (χ3n) is 5.10. The number of hydrogen-bond acceptors (Lipinski definition) is 4. The van der Waals surface area contributed by atoms with Crippen LogP contribution in [-0.2, 0) is 16.1 Å². The predicted octanol–water partition coefficient (Wildman–Crippen LogP) is 1.09. The quantitative estimate of drug-likeness (QED) is 0.782. The average molecular weight is 384 g/mol. The van der Waals surface area contributed by atoms with Crippen LogP contribution >= 0.6 is 0 Å². The van der Waals surface area contributed by atoms with Crippen molar-refractivity contribution in [1.29, 1.82) is 0 Å².